The molecular weight excluding hydrogens is 272 g/mol. The van der Waals surface area contributed by atoms with Gasteiger partial charge in [0.25, 0.3) is 0 Å². The lowest BCUT2D eigenvalue weighted by Crippen LogP contribution is -2.56. The Hall–Kier alpha value is -0.0800. The zero-order valence-electron chi connectivity index (χ0n) is 14.6. The molecule has 0 bridgehead atoms. The molecule has 0 aliphatic heterocycles. The Kier molecular flexibility index (Phi) is 3.32. The maximum atomic E-state index is 10.9. The molecule has 2 nitrogen and oxygen atoms in total. The van der Waals surface area contributed by atoms with Gasteiger partial charge in [0.05, 0.1) is 11.7 Å². The number of aliphatic hydroxyl groups is 2. The average Bonchev–Trinajstić information content (AvgIpc) is 2.70. The van der Waals surface area contributed by atoms with Crippen molar-refractivity contribution in [2.45, 2.75) is 90.3 Å². The summed E-state index contributed by atoms with van der Waals surface area (Å²) in [5.41, 5.74) is 0.145. The van der Waals surface area contributed by atoms with Crippen molar-refractivity contribution < 1.29 is 10.2 Å². The fourth-order valence-corrected chi connectivity index (χ4v) is 7.48. The van der Waals surface area contributed by atoms with Crippen LogP contribution in [0.3, 0.4) is 0 Å². The van der Waals surface area contributed by atoms with Gasteiger partial charge in [0.15, 0.2) is 0 Å². The highest BCUT2D eigenvalue weighted by molar-refractivity contribution is 5.12. The molecule has 4 aliphatic carbocycles. The minimum atomic E-state index is -0.455. The summed E-state index contributed by atoms with van der Waals surface area (Å²) in [6.07, 6.45) is 10.6. The van der Waals surface area contributed by atoms with Gasteiger partial charge in [0.1, 0.15) is 0 Å². The zero-order chi connectivity index (χ0) is 15.8. The summed E-state index contributed by atoms with van der Waals surface area (Å²) in [4.78, 5) is 0. The number of hydrogen-bond donors (Lipinski definition) is 2. The SMILES string of the molecule is C[C@]12CC[C@@H](O)C[C@H]1CC[C@@H]1[C@@H]2CC[C@@]2(C)[C@H]1CC[C@@]2(C)O. The normalized spacial score (nSPS) is 61.2. The van der Waals surface area contributed by atoms with Crippen LogP contribution in [-0.2, 0) is 0 Å². The first-order valence-corrected chi connectivity index (χ1v) is 9.68. The zero-order valence-corrected chi connectivity index (χ0v) is 14.6. The number of rotatable bonds is 0. The summed E-state index contributed by atoms with van der Waals surface area (Å²) in [6.45, 7) is 7.01. The van der Waals surface area contributed by atoms with Crippen LogP contribution in [0.5, 0.6) is 0 Å². The van der Waals surface area contributed by atoms with Crippen molar-refractivity contribution in [1.29, 1.82) is 0 Å². The molecule has 0 saturated heterocycles. The molecule has 22 heavy (non-hydrogen) atoms. The van der Waals surface area contributed by atoms with E-state index in [2.05, 4.69) is 20.8 Å². The predicted molar refractivity (Wildman–Crippen MR) is 88.4 cm³/mol. The van der Waals surface area contributed by atoms with Crippen LogP contribution in [0.2, 0.25) is 0 Å². The summed E-state index contributed by atoms with van der Waals surface area (Å²) >= 11 is 0. The summed E-state index contributed by atoms with van der Waals surface area (Å²) in [5, 5.41) is 21.0. The van der Waals surface area contributed by atoms with Crippen molar-refractivity contribution in [3.05, 3.63) is 0 Å². The lowest BCUT2D eigenvalue weighted by Gasteiger charge is -2.61. The van der Waals surface area contributed by atoms with E-state index in [4.69, 9.17) is 0 Å². The van der Waals surface area contributed by atoms with E-state index in [-0.39, 0.29) is 11.5 Å². The van der Waals surface area contributed by atoms with Gasteiger partial charge >= 0.3 is 0 Å². The first kappa shape index (κ1) is 15.4. The number of aliphatic hydroxyl groups excluding tert-OH is 1. The van der Waals surface area contributed by atoms with Crippen LogP contribution in [0.25, 0.3) is 0 Å². The molecule has 8 atom stereocenters. The van der Waals surface area contributed by atoms with Crippen LogP contribution in [0.1, 0.15) is 78.6 Å². The molecule has 0 spiro atoms. The lowest BCUT2D eigenvalue weighted by atomic mass is 9.44. The standard InChI is InChI=1S/C20H34O2/c1-18-9-6-14(21)12-13(18)4-5-15-16(18)7-10-19(2)17(15)8-11-20(19,3)22/h13-17,21-22H,4-12H2,1-3H3/t13-,14-,15-,16+,17+,18+,19+,20-/m1/s1. The van der Waals surface area contributed by atoms with Gasteiger partial charge in [-0.1, -0.05) is 13.8 Å². The molecule has 0 aromatic rings. The predicted octanol–water partition coefficient (Wildman–Crippen LogP) is 4.14. The third-order valence-corrected chi connectivity index (χ3v) is 9.20. The Morgan fingerprint density at radius 2 is 1.55 bits per heavy atom. The van der Waals surface area contributed by atoms with Gasteiger partial charge in [-0.25, -0.2) is 0 Å². The van der Waals surface area contributed by atoms with Crippen LogP contribution in [0.4, 0.5) is 0 Å². The van der Waals surface area contributed by atoms with E-state index in [0.29, 0.717) is 5.41 Å². The molecule has 0 radical (unpaired) electrons. The van der Waals surface area contributed by atoms with E-state index in [1.807, 2.05) is 0 Å². The van der Waals surface area contributed by atoms with Gasteiger partial charge in [-0.05, 0) is 99.2 Å². The van der Waals surface area contributed by atoms with Crippen LogP contribution in [0.15, 0.2) is 0 Å². The van der Waals surface area contributed by atoms with E-state index < -0.39 is 5.60 Å². The molecule has 2 N–H and O–H groups in total. The third kappa shape index (κ3) is 1.86. The van der Waals surface area contributed by atoms with Gasteiger partial charge in [-0.2, -0.15) is 0 Å². The molecule has 4 fully saturated rings. The molecule has 4 saturated carbocycles. The van der Waals surface area contributed by atoms with E-state index >= 15 is 0 Å². The summed E-state index contributed by atoms with van der Waals surface area (Å²) in [7, 11) is 0. The molecule has 0 aromatic heterocycles. The summed E-state index contributed by atoms with van der Waals surface area (Å²) in [6, 6.07) is 0. The molecule has 4 rings (SSSR count). The van der Waals surface area contributed by atoms with Crippen LogP contribution >= 0.6 is 0 Å². The van der Waals surface area contributed by atoms with Crippen molar-refractivity contribution in [2.75, 3.05) is 0 Å². The highest BCUT2D eigenvalue weighted by atomic mass is 16.3. The summed E-state index contributed by atoms with van der Waals surface area (Å²) < 4.78 is 0. The molecule has 0 unspecified atom stereocenters. The van der Waals surface area contributed by atoms with Crippen LogP contribution in [0, 0.1) is 34.5 Å². The maximum absolute atomic E-state index is 10.9. The van der Waals surface area contributed by atoms with E-state index in [0.717, 1.165) is 42.9 Å². The highest BCUT2D eigenvalue weighted by Crippen LogP contribution is 2.68. The quantitative estimate of drug-likeness (QED) is 0.706. The second-order valence-electron chi connectivity index (χ2n) is 9.85. The van der Waals surface area contributed by atoms with Crippen molar-refractivity contribution in [1.82, 2.24) is 0 Å². The van der Waals surface area contributed by atoms with E-state index in [1.54, 1.807) is 0 Å². The van der Waals surface area contributed by atoms with Gasteiger partial charge in [-0.15, -0.1) is 0 Å². The fourth-order valence-electron chi connectivity index (χ4n) is 7.48. The number of fused-ring (bicyclic) bond motifs is 5. The first-order chi connectivity index (χ1) is 10.3. The molecule has 4 aliphatic rings. The molecule has 0 heterocycles. The Morgan fingerprint density at radius 3 is 2.32 bits per heavy atom. The third-order valence-electron chi connectivity index (χ3n) is 9.20. The molecule has 0 amide bonds. The first-order valence-electron chi connectivity index (χ1n) is 9.68. The largest absolute Gasteiger partial charge is 0.393 e. The van der Waals surface area contributed by atoms with E-state index in [1.165, 1.54) is 38.5 Å². The van der Waals surface area contributed by atoms with Gasteiger partial charge in [0.2, 0.25) is 0 Å². The molecule has 2 heteroatoms. The Bertz CT molecular complexity index is 459. The fraction of sp³-hybridized carbons (Fsp3) is 1.00. The molecular formula is C20H34O2. The van der Waals surface area contributed by atoms with E-state index in [9.17, 15) is 10.2 Å². The van der Waals surface area contributed by atoms with Gasteiger partial charge in [-0.3, -0.25) is 0 Å². The Labute approximate surface area is 135 Å². The average molecular weight is 306 g/mol. The van der Waals surface area contributed by atoms with Gasteiger partial charge in [0, 0.05) is 0 Å². The second-order valence-corrected chi connectivity index (χ2v) is 9.85. The molecule has 0 aromatic carbocycles. The lowest BCUT2D eigenvalue weighted by molar-refractivity contribution is -0.153. The van der Waals surface area contributed by atoms with Crippen molar-refractivity contribution in [2.24, 2.45) is 34.5 Å². The molecule has 126 valence electrons. The van der Waals surface area contributed by atoms with Crippen LogP contribution < -0.4 is 0 Å². The maximum Gasteiger partial charge on any atom is 0.0675 e. The minimum absolute atomic E-state index is 0.0457. The summed E-state index contributed by atoms with van der Waals surface area (Å²) in [5.74, 6) is 3.13. The smallest absolute Gasteiger partial charge is 0.0675 e. The van der Waals surface area contributed by atoms with Crippen molar-refractivity contribution in [3.8, 4) is 0 Å². The second kappa shape index (κ2) is 4.72. The van der Waals surface area contributed by atoms with Gasteiger partial charge < -0.3 is 10.2 Å². The topological polar surface area (TPSA) is 40.5 Å². The van der Waals surface area contributed by atoms with Crippen LogP contribution in [-0.4, -0.2) is 21.9 Å². The van der Waals surface area contributed by atoms with Crippen molar-refractivity contribution in [3.63, 3.8) is 0 Å². The van der Waals surface area contributed by atoms with Crippen molar-refractivity contribution >= 4 is 0 Å². The number of hydrogen-bond acceptors (Lipinski definition) is 2. The minimum Gasteiger partial charge on any atom is -0.393 e. The Balaban J connectivity index is 1.64. The Morgan fingerprint density at radius 1 is 0.818 bits per heavy atom. The highest BCUT2D eigenvalue weighted by Gasteiger charge is 2.63. The monoisotopic (exact) mass is 306 g/mol.